The van der Waals surface area contributed by atoms with Crippen molar-refractivity contribution in [2.75, 3.05) is 0 Å². The van der Waals surface area contributed by atoms with Crippen molar-refractivity contribution in [3.05, 3.63) is 321 Å². The number of pyridine rings is 7. The maximum atomic E-state index is 4.48. The largest absolute Gasteiger partial charge is 3.00 e. The number of rotatable bonds is 6. The van der Waals surface area contributed by atoms with Crippen LogP contribution in [0.2, 0.25) is 0 Å². The van der Waals surface area contributed by atoms with E-state index in [1.165, 1.54) is 11.1 Å². The standard InChI is InChI=1S/C18H24N2.5C11H8N.CH4.2Ir/c1-17(2,3)13-7-9-19-15(11-13)16-12-14(8-10-20-16)18(4,5)6;5*1-2-6-10(7-3-1)11-8-4-5-9-12-11;;;/h7-12H,1-6H3;5*1-6,8-9H;1H4;;/q;5*-1;;;+3. The molecule has 0 bridgehead atoms. The molecule has 83 heavy (non-hydrogen) atoms. The van der Waals surface area contributed by atoms with Crippen LogP contribution in [0.4, 0.5) is 0 Å². The third-order valence-corrected chi connectivity index (χ3v) is 11.8. The summed E-state index contributed by atoms with van der Waals surface area (Å²) in [5.41, 5.74) is 14.8. The van der Waals surface area contributed by atoms with Gasteiger partial charge in [0.1, 0.15) is 0 Å². The summed E-state index contributed by atoms with van der Waals surface area (Å²) >= 11 is 0. The second-order valence-electron chi connectivity index (χ2n) is 19.8. The van der Waals surface area contributed by atoms with Crippen LogP contribution in [0.1, 0.15) is 60.1 Å². The molecule has 0 saturated heterocycles. The predicted octanol–water partition coefficient (Wildman–Crippen LogP) is 18.1. The molecule has 0 saturated carbocycles. The van der Waals surface area contributed by atoms with E-state index in [4.69, 9.17) is 0 Å². The Morgan fingerprint density at radius 1 is 0.253 bits per heavy atom. The van der Waals surface area contributed by atoms with Gasteiger partial charge in [-0.05, 0) is 105 Å². The molecule has 1 radical (unpaired) electrons. The van der Waals surface area contributed by atoms with Crippen LogP contribution in [0.25, 0.3) is 67.7 Å². The zero-order valence-corrected chi connectivity index (χ0v) is 51.6. The minimum atomic E-state index is 0. The van der Waals surface area contributed by atoms with Gasteiger partial charge in [-0.1, -0.05) is 110 Å². The molecule has 9 heteroatoms. The fourth-order valence-electron chi connectivity index (χ4n) is 7.45. The molecule has 12 rings (SSSR count). The molecule has 5 aromatic carbocycles. The normalized spacial score (nSPS) is 10.0. The molecular formula is C74H68Ir2N7-2. The fourth-order valence-corrected chi connectivity index (χ4v) is 7.45. The monoisotopic (exact) mass is 1440 g/mol. The summed E-state index contributed by atoms with van der Waals surface area (Å²) < 4.78 is 0. The minimum Gasteiger partial charge on any atom is -0.305 e. The van der Waals surface area contributed by atoms with Gasteiger partial charge in [-0.15, -0.1) is 179 Å². The van der Waals surface area contributed by atoms with Gasteiger partial charge >= 0.3 is 20.1 Å². The maximum absolute atomic E-state index is 4.48. The van der Waals surface area contributed by atoms with E-state index in [9.17, 15) is 0 Å². The topological polar surface area (TPSA) is 90.2 Å². The molecule has 0 fully saturated rings. The van der Waals surface area contributed by atoms with Gasteiger partial charge in [0.15, 0.2) is 0 Å². The summed E-state index contributed by atoms with van der Waals surface area (Å²) in [5, 5.41) is 0. The van der Waals surface area contributed by atoms with Crippen LogP contribution in [0.5, 0.6) is 0 Å². The Hall–Kier alpha value is -8.55. The Morgan fingerprint density at radius 3 is 0.627 bits per heavy atom. The van der Waals surface area contributed by atoms with Gasteiger partial charge in [0, 0.05) is 63.5 Å². The van der Waals surface area contributed by atoms with E-state index in [1.54, 1.807) is 31.0 Å². The zero-order valence-electron chi connectivity index (χ0n) is 46.9. The molecule has 0 atom stereocenters. The van der Waals surface area contributed by atoms with Gasteiger partial charge in [-0.2, -0.15) is 0 Å². The summed E-state index contributed by atoms with van der Waals surface area (Å²) in [6.07, 6.45) is 12.7. The van der Waals surface area contributed by atoms with Gasteiger partial charge in [0.05, 0.1) is 11.4 Å². The first kappa shape index (κ1) is 67.0. The van der Waals surface area contributed by atoms with Crippen LogP contribution in [-0.2, 0) is 51.0 Å². The van der Waals surface area contributed by atoms with Crippen molar-refractivity contribution in [1.29, 1.82) is 0 Å². The summed E-state index contributed by atoms with van der Waals surface area (Å²) in [6, 6.07) is 92.5. The first-order chi connectivity index (χ1) is 39.0. The van der Waals surface area contributed by atoms with Crippen LogP contribution in [-0.4, -0.2) is 34.9 Å². The average molecular weight is 1440 g/mol. The van der Waals surface area contributed by atoms with Gasteiger partial charge in [-0.3, -0.25) is 9.97 Å². The second-order valence-corrected chi connectivity index (χ2v) is 19.8. The quantitative estimate of drug-likeness (QED) is 0.153. The molecule has 7 nitrogen and oxygen atoms in total. The van der Waals surface area contributed by atoms with E-state index in [1.807, 2.05) is 225 Å². The Kier molecular flexibility index (Phi) is 29.1. The van der Waals surface area contributed by atoms with E-state index in [2.05, 4.69) is 131 Å². The molecule has 7 heterocycles. The van der Waals surface area contributed by atoms with E-state index in [0.29, 0.717) is 0 Å². The molecule has 0 spiro atoms. The van der Waals surface area contributed by atoms with Gasteiger partial charge in [-0.25, -0.2) is 0 Å². The van der Waals surface area contributed by atoms with Crippen LogP contribution in [0.3, 0.4) is 0 Å². The molecule has 0 aliphatic carbocycles. The molecular weight excluding hydrogens is 1370 g/mol. The molecule has 7 aromatic heterocycles. The molecule has 12 aromatic rings. The van der Waals surface area contributed by atoms with E-state index in [-0.39, 0.29) is 58.5 Å². The summed E-state index contributed by atoms with van der Waals surface area (Å²) in [7, 11) is 0. The fraction of sp³-hybridized carbons (Fsp3) is 0.122. The van der Waals surface area contributed by atoms with Crippen LogP contribution >= 0.6 is 0 Å². The van der Waals surface area contributed by atoms with E-state index < -0.39 is 0 Å². The third kappa shape index (κ3) is 23.1. The first-order valence-electron chi connectivity index (χ1n) is 26.4. The van der Waals surface area contributed by atoms with Crippen molar-refractivity contribution in [3.63, 3.8) is 0 Å². The van der Waals surface area contributed by atoms with E-state index in [0.717, 1.165) is 67.7 Å². The molecule has 0 aliphatic rings. The predicted molar refractivity (Wildman–Crippen MR) is 334 cm³/mol. The van der Waals surface area contributed by atoms with Crippen molar-refractivity contribution in [2.24, 2.45) is 0 Å². The Morgan fingerprint density at radius 2 is 0.458 bits per heavy atom. The summed E-state index contributed by atoms with van der Waals surface area (Å²) in [6.45, 7) is 13.3. The number of hydrogen-bond donors (Lipinski definition) is 0. The maximum Gasteiger partial charge on any atom is 3.00 e. The summed E-state index contributed by atoms with van der Waals surface area (Å²) in [4.78, 5) is 30.1. The van der Waals surface area contributed by atoms with Gasteiger partial charge in [0.2, 0.25) is 0 Å². The molecule has 0 unspecified atom stereocenters. The van der Waals surface area contributed by atoms with Gasteiger partial charge < -0.3 is 24.9 Å². The smallest absolute Gasteiger partial charge is 0.305 e. The van der Waals surface area contributed by atoms with Crippen molar-refractivity contribution in [3.8, 4) is 67.7 Å². The zero-order chi connectivity index (χ0) is 56.1. The Bertz CT molecular complexity index is 2880. The van der Waals surface area contributed by atoms with Crippen molar-refractivity contribution in [2.45, 2.75) is 59.8 Å². The number of aromatic nitrogens is 7. The third-order valence-electron chi connectivity index (χ3n) is 11.8. The second kappa shape index (κ2) is 36.0. The minimum absolute atomic E-state index is 0. The van der Waals surface area contributed by atoms with Crippen LogP contribution in [0, 0.1) is 30.3 Å². The number of hydrogen-bond acceptors (Lipinski definition) is 7. The van der Waals surface area contributed by atoms with Crippen LogP contribution < -0.4 is 0 Å². The van der Waals surface area contributed by atoms with Gasteiger partial charge in [0.25, 0.3) is 0 Å². The molecule has 419 valence electrons. The summed E-state index contributed by atoms with van der Waals surface area (Å²) in [5.74, 6) is 0. The molecule has 0 aliphatic heterocycles. The average Bonchev–Trinajstić information content (AvgIpc) is 3.65. The van der Waals surface area contributed by atoms with E-state index >= 15 is 0 Å². The number of benzene rings is 5. The van der Waals surface area contributed by atoms with Crippen LogP contribution in [0.15, 0.2) is 280 Å². The Labute approximate surface area is 520 Å². The molecule has 0 amide bonds. The van der Waals surface area contributed by atoms with Crippen molar-refractivity contribution in [1.82, 2.24) is 34.9 Å². The first-order valence-corrected chi connectivity index (χ1v) is 26.4. The number of nitrogens with zero attached hydrogens (tertiary/aromatic N) is 7. The SMILES string of the molecule is C.CC(C)(C)c1ccnc(-c2cc(C(C)(C)C)ccn2)c1.[Ir+3].[Ir].[c-]1ccccc1-c1ccccn1.[c-]1ccccc1-c1ccccn1.[c-]1ccccc1-c1ccccn1.[c-]1ccccc1-c1ccccn1.[c-]1ccccc1-c1ccccn1. The van der Waals surface area contributed by atoms with Crippen molar-refractivity contribution >= 4 is 0 Å². The Balaban J connectivity index is 0.000000215. The van der Waals surface area contributed by atoms with Crippen molar-refractivity contribution < 1.29 is 40.2 Å². The molecule has 0 N–H and O–H groups in total.